The number of rotatable bonds is 8. The third kappa shape index (κ3) is 4.83. The Morgan fingerprint density at radius 3 is 2.69 bits per heavy atom. The highest BCUT2D eigenvalue weighted by Gasteiger charge is 2.34. The van der Waals surface area contributed by atoms with Crippen LogP contribution in [0, 0.1) is 17.7 Å². The summed E-state index contributed by atoms with van der Waals surface area (Å²) in [5.41, 5.74) is 6.17. The van der Waals surface area contributed by atoms with Crippen molar-refractivity contribution in [2.75, 3.05) is 19.7 Å². The molecule has 2 aliphatic rings. The van der Waals surface area contributed by atoms with Gasteiger partial charge < -0.3 is 25.2 Å². The zero-order valence-corrected chi connectivity index (χ0v) is 18.4. The molecule has 1 saturated carbocycles. The number of benzene rings is 2. The van der Waals surface area contributed by atoms with Crippen LogP contribution >= 0.6 is 0 Å². The minimum atomic E-state index is -0.804. The van der Waals surface area contributed by atoms with Crippen LogP contribution in [0.1, 0.15) is 48.5 Å². The van der Waals surface area contributed by atoms with Crippen molar-refractivity contribution in [3.63, 3.8) is 0 Å². The average Bonchev–Trinajstić information content (AvgIpc) is 3.11. The maximum atomic E-state index is 14.2. The van der Waals surface area contributed by atoms with E-state index in [4.69, 9.17) is 15.2 Å². The van der Waals surface area contributed by atoms with Crippen molar-refractivity contribution in [3.05, 3.63) is 53.3 Å². The lowest BCUT2D eigenvalue weighted by Crippen LogP contribution is -2.34. The molecule has 0 saturated heterocycles. The number of aromatic hydroxyl groups is 1. The van der Waals surface area contributed by atoms with E-state index < -0.39 is 11.6 Å². The number of hydrogen-bond donors (Lipinski definition) is 2. The first kappa shape index (κ1) is 22.4. The highest BCUT2D eigenvalue weighted by atomic mass is 19.1. The van der Waals surface area contributed by atoms with E-state index in [2.05, 4.69) is 6.92 Å². The molecule has 1 aliphatic heterocycles. The Morgan fingerprint density at radius 1 is 1.19 bits per heavy atom. The van der Waals surface area contributed by atoms with Gasteiger partial charge in [-0.25, -0.2) is 4.39 Å². The number of nitrogens with zero attached hydrogens (tertiary/aromatic N) is 1. The van der Waals surface area contributed by atoms with Crippen molar-refractivity contribution in [3.8, 4) is 17.2 Å². The van der Waals surface area contributed by atoms with Gasteiger partial charge in [-0.05, 0) is 68.2 Å². The molecule has 3 N–H and O–H groups in total. The monoisotopic (exact) mass is 442 g/mol. The van der Waals surface area contributed by atoms with Gasteiger partial charge in [0.15, 0.2) is 11.6 Å². The SMILES string of the molecule is CC(Oc1cccc(OCCN)c1)C1CCC(CN2Cc3ccc(O)c(F)c3C2=O)CC1. The molecule has 0 spiro atoms. The van der Waals surface area contributed by atoms with Gasteiger partial charge >= 0.3 is 0 Å². The molecule has 4 rings (SSSR count). The standard InChI is InChI=1S/C25H31FN2O4/c1-16(32-21-4-2-3-20(13-21)31-12-11-27)18-7-5-17(6-8-18)14-28-15-19-9-10-22(29)24(26)23(19)25(28)30/h2-4,9-10,13,16-18,29H,5-8,11-12,14-15,27H2,1H3. The molecule has 0 aromatic heterocycles. The van der Waals surface area contributed by atoms with Crippen LogP contribution in [0.3, 0.4) is 0 Å². The van der Waals surface area contributed by atoms with Crippen LogP contribution in [-0.4, -0.2) is 41.7 Å². The maximum Gasteiger partial charge on any atom is 0.257 e. The number of phenolic OH excluding ortho intramolecular Hbond substituents is 1. The van der Waals surface area contributed by atoms with E-state index >= 15 is 0 Å². The molecule has 1 unspecified atom stereocenters. The number of nitrogens with two attached hydrogens (primary N) is 1. The van der Waals surface area contributed by atoms with E-state index in [1.54, 1.807) is 11.0 Å². The summed E-state index contributed by atoms with van der Waals surface area (Å²) in [6.45, 7) is 4.08. The second-order valence-electron chi connectivity index (χ2n) is 8.83. The highest BCUT2D eigenvalue weighted by molar-refractivity contribution is 5.99. The number of ether oxygens (including phenoxy) is 2. The zero-order chi connectivity index (χ0) is 22.7. The van der Waals surface area contributed by atoms with Crippen molar-refractivity contribution in [2.45, 2.75) is 45.3 Å². The van der Waals surface area contributed by atoms with Crippen LogP contribution in [0.4, 0.5) is 4.39 Å². The average molecular weight is 443 g/mol. The minimum absolute atomic E-state index is 0.0263. The van der Waals surface area contributed by atoms with Crippen LogP contribution in [0.2, 0.25) is 0 Å². The smallest absolute Gasteiger partial charge is 0.257 e. The molecular weight excluding hydrogens is 411 g/mol. The molecule has 172 valence electrons. The number of halogens is 1. The largest absolute Gasteiger partial charge is 0.505 e. The normalized spacial score (nSPS) is 21.3. The molecular formula is C25H31FN2O4. The predicted molar refractivity (Wildman–Crippen MR) is 119 cm³/mol. The summed E-state index contributed by atoms with van der Waals surface area (Å²) in [7, 11) is 0. The Kier molecular flexibility index (Phi) is 6.84. The number of amides is 1. The lowest BCUT2D eigenvalue weighted by Gasteiger charge is -2.34. The summed E-state index contributed by atoms with van der Waals surface area (Å²) in [5.74, 6) is 0.794. The molecule has 0 radical (unpaired) electrons. The van der Waals surface area contributed by atoms with Gasteiger partial charge in [0.2, 0.25) is 0 Å². The third-order valence-electron chi connectivity index (χ3n) is 6.62. The first-order valence-electron chi connectivity index (χ1n) is 11.4. The molecule has 6 nitrogen and oxygen atoms in total. The van der Waals surface area contributed by atoms with E-state index in [0.717, 1.165) is 37.2 Å². The van der Waals surface area contributed by atoms with Crippen molar-refractivity contribution in [1.29, 1.82) is 0 Å². The van der Waals surface area contributed by atoms with Gasteiger partial charge in [-0.15, -0.1) is 0 Å². The van der Waals surface area contributed by atoms with E-state index in [0.29, 0.717) is 43.6 Å². The Bertz CT molecular complexity index is 959. The first-order chi connectivity index (χ1) is 15.5. The molecule has 1 fully saturated rings. The number of hydrogen-bond acceptors (Lipinski definition) is 5. The second-order valence-corrected chi connectivity index (χ2v) is 8.83. The Balaban J connectivity index is 1.27. The number of fused-ring (bicyclic) bond motifs is 1. The number of phenols is 1. The van der Waals surface area contributed by atoms with Crippen LogP contribution in [0.5, 0.6) is 17.2 Å². The van der Waals surface area contributed by atoms with Gasteiger partial charge in [-0.1, -0.05) is 12.1 Å². The number of carbonyl (C=O) groups excluding carboxylic acids is 1. The van der Waals surface area contributed by atoms with Crippen LogP contribution in [0.15, 0.2) is 36.4 Å². The molecule has 32 heavy (non-hydrogen) atoms. The number of carbonyl (C=O) groups is 1. The van der Waals surface area contributed by atoms with E-state index in [9.17, 15) is 14.3 Å². The van der Waals surface area contributed by atoms with Gasteiger partial charge in [0.05, 0.1) is 11.7 Å². The molecule has 0 bridgehead atoms. The van der Waals surface area contributed by atoms with Crippen molar-refractivity contribution < 1.29 is 23.8 Å². The fourth-order valence-electron chi connectivity index (χ4n) is 4.83. The van der Waals surface area contributed by atoms with E-state index in [1.165, 1.54) is 6.07 Å². The van der Waals surface area contributed by atoms with Gasteiger partial charge in [-0.2, -0.15) is 0 Å². The van der Waals surface area contributed by atoms with E-state index in [-0.39, 0.29) is 17.6 Å². The Hall–Kier alpha value is -2.80. The van der Waals surface area contributed by atoms with E-state index in [1.807, 2.05) is 24.3 Å². The topological polar surface area (TPSA) is 85.0 Å². The summed E-state index contributed by atoms with van der Waals surface area (Å²) in [4.78, 5) is 14.4. The molecule has 1 atom stereocenters. The Labute approximate surface area is 188 Å². The van der Waals surface area contributed by atoms with Crippen molar-refractivity contribution in [2.24, 2.45) is 17.6 Å². The molecule has 2 aromatic rings. The van der Waals surface area contributed by atoms with Crippen LogP contribution in [-0.2, 0) is 6.54 Å². The summed E-state index contributed by atoms with van der Waals surface area (Å²) < 4.78 is 25.9. The lowest BCUT2D eigenvalue weighted by atomic mass is 9.79. The third-order valence-corrected chi connectivity index (χ3v) is 6.62. The highest BCUT2D eigenvalue weighted by Crippen LogP contribution is 2.36. The lowest BCUT2D eigenvalue weighted by molar-refractivity contribution is 0.0682. The zero-order valence-electron chi connectivity index (χ0n) is 18.4. The molecule has 1 aliphatic carbocycles. The molecule has 2 aromatic carbocycles. The summed E-state index contributed by atoms with van der Waals surface area (Å²) in [6.07, 6.45) is 4.14. The summed E-state index contributed by atoms with van der Waals surface area (Å²) in [6, 6.07) is 10.6. The van der Waals surface area contributed by atoms with Gasteiger partial charge in [0, 0.05) is 25.7 Å². The first-order valence-corrected chi connectivity index (χ1v) is 11.4. The minimum Gasteiger partial charge on any atom is -0.505 e. The van der Waals surface area contributed by atoms with Crippen LogP contribution < -0.4 is 15.2 Å². The molecule has 1 amide bonds. The van der Waals surface area contributed by atoms with Crippen LogP contribution in [0.25, 0.3) is 0 Å². The van der Waals surface area contributed by atoms with Crippen molar-refractivity contribution >= 4 is 5.91 Å². The van der Waals surface area contributed by atoms with Gasteiger partial charge in [-0.3, -0.25) is 4.79 Å². The summed E-state index contributed by atoms with van der Waals surface area (Å²) >= 11 is 0. The quantitative estimate of drug-likeness (QED) is 0.643. The fraction of sp³-hybridized carbons (Fsp3) is 0.480. The molecule has 7 heteroatoms. The predicted octanol–water partition coefficient (Wildman–Crippen LogP) is 4.10. The van der Waals surface area contributed by atoms with Crippen molar-refractivity contribution in [1.82, 2.24) is 4.90 Å². The van der Waals surface area contributed by atoms with Gasteiger partial charge in [0.25, 0.3) is 5.91 Å². The maximum absolute atomic E-state index is 14.2. The second kappa shape index (κ2) is 9.77. The summed E-state index contributed by atoms with van der Waals surface area (Å²) in [5, 5.41) is 9.58. The molecule has 1 heterocycles. The van der Waals surface area contributed by atoms with Gasteiger partial charge in [0.1, 0.15) is 18.1 Å². The Morgan fingerprint density at radius 2 is 1.94 bits per heavy atom. The fourth-order valence-corrected chi connectivity index (χ4v) is 4.83.